The van der Waals surface area contributed by atoms with E-state index in [1.54, 1.807) is 15.8 Å². The first-order valence-electron chi connectivity index (χ1n) is 7.98. The minimum absolute atomic E-state index is 0.0325. The first-order valence-corrected chi connectivity index (χ1v) is 7.98. The quantitative estimate of drug-likeness (QED) is 0.572. The van der Waals surface area contributed by atoms with Gasteiger partial charge in [-0.3, -0.25) is 14.5 Å². The second-order valence-corrected chi connectivity index (χ2v) is 5.82. The van der Waals surface area contributed by atoms with Gasteiger partial charge in [0.1, 0.15) is 6.54 Å². The molecule has 0 aromatic carbocycles. The number of aromatic nitrogens is 2. The lowest BCUT2D eigenvalue weighted by molar-refractivity contribution is -0.120. The van der Waals surface area contributed by atoms with Crippen molar-refractivity contribution < 1.29 is 9.90 Å². The highest BCUT2D eigenvalue weighted by molar-refractivity contribution is 5.98. The Bertz CT molecular complexity index is 556. The molecular formula is C15H26N6O2. The van der Waals surface area contributed by atoms with Crippen LogP contribution in [0.25, 0.3) is 0 Å². The van der Waals surface area contributed by atoms with Crippen molar-refractivity contribution in [3.05, 3.63) is 12.4 Å². The van der Waals surface area contributed by atoms with Crippen LogP contribution >= 0.6 is 0 Å². The van der Waals surface area contributed by atoms with E-state index in [1.165, 1.54) is 0 Å². The number of piperazine rings is 1. The van der Waals surface area contributed by atoms with E-state index in [4.69, 9.17) is 5.11 Å². The third kappa shape index (κ3) is 4.44. The molecular weight excluding hydrogens is 296 g/mol. The third-order valence-corrected chi connectivity index (χ3v) is 3.72. The molecule has 8 nitrogen and oxygen atoms in total. The summed E-state index contributed by atoms with van der Waals surface area (Å²) in [6, 6.07) is 0. The van der Waals surface area contributed by atoms with Crippen LogP contribution in [0, 0.1) is 5.92 Å². The monoisotopic (exact) mass is 322 g/mol. The number of hydrogen-bond acceptors (Lipinski definition) is 4. The van der Waals surface area contributed by atoms with Crippen LogP contribution in [0.3, 0.4) is 0 Å². The minimum atomic E-state index is 0.0325. The number of rotatable bonds is 5. The molecule has 1 aliphatic heterocycles. The van der Waals surface area contributed by atoms with Crippen molar-refractivity contribution in [3.8, 4) is 0 Å². The van der Waals surface area contributed by atoms with Crippen molar-refractivity contribution in [2.75, 3.05) is 44.2 Å². The summed E-state index contributed by atoms with van der Waals surface area (Å²) in [4.78, 5) is 20.7. The summed E-state index contributed by atoms with van der Waals surface area (Å²) in [7, 11) is 1.84. The topological polar surface area (TPSA) is 86.0 Å². The molecule has 0 radical (unpaired) electrons. The van der Waals surface area contributed by atoms with Gasteiger partial charge in [0.2, 0.25) is 5.91 Å². The fourth-order valence-electron chi connectivity index (χ4n) is 2.40. The molecule has 1 aliphatic rings. The molecule has 1 atom stereocenters. The van der Waals surface area contributed by atoms with Gasteiger partial charge in [0, 0.05) is 46.0 Å². The second-order valence-electron chi connectivity index (χ2n) is 5.82. The van der Waals surface area contributed by atoms with Crippen LogP contribution in [0.1, 0.15) is 13.8 Å². The van der Waals surface area contributed by atoms with Crippen molar-refractivity contribution >= 4 is 17.6 Å². The molecule has 0 saturated carbocycles. The first-order chi connectivity index (χ1) is 11.0. The summed E-state index contributed by atoms with van der Waals surface area (Å²) in [5.74, 6) is 0.869. The summed E-state index contributed by atoms with van der Waals surface area (Å²) >= 11 is 0. The zero-order valence-electron chi connectivity index (χ0n) is 14.1. The van der Waals surface area contributed by atoms with Gasteiger partial charge in [-0.1, -0.05) is 6.92 Å². The molecule has 0 spiro atoms. The molecule has 0 bridgehead atoms. The Balaban J connectivity index is 2.02. The molecule has 8 heteroatoms. The first kappa shape index (κ1) is 17.3. The van der Waals surface area contributed by atoms with Crippen molar-refractivity contribution in [1.29, 1.82) is 0 Å². The Labute approximate surface area is 136 Å². The van der Waals surface area contributed by atoms with Gasteiger partial charge in [-0.05, 0) is 12.8 Å². The molecule has 1 unspecified atom stereocenters. The Morgan fingerprint density at radius 3 is 2.87 bits per heavy atom. The smallest absolute Gasteiger partial charge is 0.246 e. The lowest BCUT2D eigenvalue weighted by atomic mass is 10.2. The van der Waals surface area contributed by atoms with Crippen molar-refractivity contribution in [2.45, 2.75) is 13.8 Å². The fourth-order valence-corrected chi connectivity index (χ4v) is 2.40. The van der Waals surface area contributed by atoms with Crippen molar-refractivity contribution in [2.24, 2.45) is 18.0 Å². The van der Waals surface area contributed by atoms with Crippen LogP contribution < -0.4 is 10.2 Å². The number of anilines is 1. The average molecular weight is 322 g/mol. The Morgan fingerprint density at radius 1 is 1.52 bits per heavy atom. The minimum Gasteiger partial charge on any atom is -0.396 e. The molecule has 1 aromatic rings. The lowest BCUT2D eigenvalue weighted by Gasteiger charge is -2.35. The van der Waals surface area contributed by atoms with Gasteiger partial charge in [-0.15, -0.1) is 0 Å². The Hall–Kier alpha value is -2.09. The van der Waals surface area contributed by atoms with E-state index < -0.39 is 0 Å². The highest BCUT2D eigenvalue weighted by Gasteiger charge is 2.27. The van der Waals surface area contributed by atoms with Crippen LogP contribution in [-0.2, 0) is 11.8 Å². The zero-order valence-corrected chi connectivity index (χ0v) is 14.1. The van der Waals surface area contributed by atoms with E-state index in [-0.39, 0.29) is 25.0 Å². The van der Waals surface area contributed by atoms with Crippen molar-refractivity contribution in [1.82, 2.24) is 20.0 Å². The maximum Gasteiger partial charge on any atom is 0.246 e. The molecule has 1 amide bonds. The van der Waals surface area contributed by atoms with Gasteiger partial charge >= 0.3 is 0 Å². The number of amides is 1. The van der Waals surface area contributed by atoms with Gasteiger partial charge in [-0.25, -0.2) is 0 Å². The largest absolute Gasteiger partial charge is 0.396 e. The predicted octanol–water partition coefficient (Wildman–Crippen LogP) is -0.337. The third-order valence-electron chi connectivity index (χ3n) is 3.72. The summed E-state index contributed by atoms with van der Waals surface area (Å²) in [5.41, 5.74) is 0.827. The average Bonchev–Trinajstić information content (AvgIpc) is 2.97. The summed E-state index contributed by atoms with van der Waals surface area (Å²) < 4.78 is 1.69. The number of guanidine groups is 1. The molecule has 2 rings (SSSR count). The van der Waals surface area contributed by atoms with Crippen LogP contribution in [0.5, 0.6) is 0 Å². The number of aliphatic hydroxyl groups excluding tert-OH is 1. The molecule has 23 heavy (non-hydrogen) atoms. The number of carbonyl (C=O) groups excluding carboxylic acids is 1. The highest BCUT2D eigenvalue weighted by atomic mass is 16.3. The van der Waals surface area contributed by atoms with Crippen LogP contribution in [0.2, 0.25) is 0 Å². The van der Waals surface area contributed by atoms with Crippen LogP contribution in [0.15, 0.2) is 17.4 Å². The van der Waals surface area contributed by atoms with Gasteiger partial charge in [-0.2, -0.15) is 5.10 Å². The highest BCUT2D eigenvalue weighted by Crippen LogP contribution is 2.16. The maximum absolute atomic E-state index is 12.4. The molecule has 1 saturated heterocycles. The molecule has 2 N–H and O–H groups in total. The predicted molar refractivity (Wildman–Crippen MR) is 89.4 cm³/mol. The van der Waals surface area contributed by atoms with Gasteiger partial charge < -0.3 is 20.2 Å². The van der Waals surface area contributed by atoms with Crippen LogP contribution in [0.4, 0.5) is 5.69 Å². The number of nitrogens with zero attached hydrogens (tertiary/aromatic N) is 5. The summed E-state index contributed by atoms with van der Waals surface area (Å²) in [6.07, 6.45) is 3.55. The second kappa shape index (κ2) is 7.96. The lowest BCUT2D eigenvalue weighted by Crippen LogP contribution is -2.55. The van der Waals surface area contributed by atoms with E-state index in [2.05, 4.69) is 15.4 Å². The number of hydrogen-bond donors (Lipinski definition) is 2. The molecule has 1 aromatic heterocycles. The van der Waals surface area contributed by atoms with E-state index in [9.17, 15) is 4.79 Å². The number of nitrogens with one attached hydrogen (secondary N) is 1. The van der Waals surface area contributed by atoms with Crippen molar-refractivity contribution in [3.63, 3.8) is 0 Å². The number of aliphatic hydroxyl groups is 1. The van der Waals surface area contributed by atoms with E-state index in [1.807, 2.05) is 32.0 Å². The van der Waals surface area contributed by atoms with Gasteiger partial charge in [0.15, 0.2) is 5.96 Å². The number of aryl methyl sites for hydroxylation is 1. The SMILES string of the molecule is CCNC(=NCC(C)CO)N1CCN(c2cnn(C)c2)C(=O)C1. The van der Waals surface area contributed by atoms with Gasteiger partial charge in [0.05, 0.1) is 11.9 Å². The van der Waals surface area contributed by atoms with Gasteiger partial charge in [0.25, 0.3) is 0 Å². The normalized spacial score (nSPS) is 17.6. The number of carbonyl (C=O) groups is 1. The molecule has 128 valence electrons. The summed E-state index contributed by atoms with van der Waals surface area (Å²) in [5, 5.41) is 16.5. The van der Waals surface area contributed by atoms with Crippen LogP contribution in [-0.4, -0.2) is 71.0 Å². The zero-order chi connectivity index (χ0) is 16.8. The molecule has 1 fully saturated rings. The summed E-state index contributed by atoms with van der Waals surface area (Å²) in [6.45, 7) is 6.92. The molecule has 2 heterocycles. The Morgan fingerprint density at radius 2 is 2.30 bits per heavy atom. The van der Waals surface area contributed by atoms with E-state index in [0.29, 0.717) is 19.6 Å². The maximum atomic E-state index is 12.4. The Kier molecular flexibility index (Phi) is 5.97. The van der Waals surface area contributed by atoms with E-state index >= 15 is 0 Å². The molecule has 0 aliphatic carbocycles. The number of aliphatic imine (C=N–C) groups is 1. The van der Waals surface area contributed by atoms with E-state index in [0.717, 1.165) is 18.2 Å². The fraction of sp³-hybridized carbons (Fsp3) is 0.667. The standard InChI is InChI=1S/C15H26N6O2/c1-4-16-15(17-7-12(2)11-22)20-5-6-21(14(23)10-20)13-8-18-19(3)9-13/h8-9,12,22H,4-7,10-11H2,1-3H3,(H,16,17).